The lowest BCUT2D eigenvalue weighted by atomic mass is 10.1. The first kappa shape index (κ1) is 21.1. The lowest BCUT2D eigenvalue weighted by Gasteiger charge is -2.35. The predicted molar refractivity (Wildman–Crippen MR) is 118 cm³/mol. The van der Waals surface area contributed by atoms with Crippen LogP contribution in [0, 0.1) is 10.1 Å². The van der Waals surface area contributed by atoms with E-state index in [0.717, 1.165) is 5.52 Å². The molecule has 2 aromatic carbocycles. The normalized spacial score (nSPS) is 14.1. The Kier molecular flexibility index (Phi) is 5.84. The van der Waals surface area contributed by atoms with Crippen molar-refractivity contribution in [1.82, 2.24) is 14.4 Å². The average molecular weight is 461 g/mol. The minimum Gasteiger partial charge on any atom is -0.338 e. The second-order valence-corrected chi connectivity index (χ2v) is 8.08. The monoisotopic (exact) mass is 460 g/mol. The number of nitro benzene ring substituents is 1. The fourth-order valence-corrected chi connectivity index (χ4v) is 4.17. The van der Waals surface area contributed by atoms with Crippen molar-refractivity contribution in [3.05, 3.63) is 74.4 Å². The summed E-state index contributed by atoms with van der Waals surface area (Å²) < 4.78 is 1.77. The van der Waals surface area contributed by atoms with Crippen LogP contribution in [0.3, 0.4) is 0 Å². The van der Waals surface area contributed by atoms with Crippen LogP contribution in [-0.4, -0.2) is 57.3 Å². The van der Waals surface area contributed by atoms with Crippen molar-refractivity contribution in [3.8, 4) is 0 Å². The van der Waals surface area contributed by atoms with Gasteiger partial charge in [-0.3, -0.25) is 19.7 Å². The number of carbonyl (C=O) groups is 2. The molecule has 1 aromatic heterocycles. The summed E-state index contributed by atoms with van der Waals surface area (Å²) in [6, 6.07) is 11.1. The fourth-order valence-electron chi connectivity index (χ4n) is 3.68. The van der Waals surface area contributed by atoms with Crippen LogP contribution in [0.25, 0.3) is 10.9 Å². The summed E-state index contributed by atoms with van der Waals surface area (Å²) in [6.07, 6.45) is 1.74. The van der Waals surface area contributed by atoms with E-state index in [1.807, 2.05) is 0 Å². The van der Waals surface area contributed by atoms with Crippen molar-refractivity contribution in [2.24, 2.45) is 0 Å². The standard InChI is InChI=1S/C21H18Cl2N4O4/c22-15-1-3-17(18(23)12-15)21(29)25-9-7-24(8-10-25)20(28)13-26-6-5-14-11-16(27(30)31)2-4-19(14)26/h1-6,11-12H,7-10,13H2. The second kappa shape index (κ2) is 8.56. The molecule has 0 unspecified atom stereocenters. The zero-order valence-corrected chi connectivity index (χ0v) is 17.8. The maximum Gasteiger partial charge on any atom is 0.270 e. The lowest BCUT2D eigenvalue weighted by molar-refractivity contribution is -0.384. The van der Waals surface area contributed by atoms with Gasteiger partial charge in [-0.15, -0.1) is 0 Å². The molecule has 8 nitrogen and oxygen atoms in total. The Morgan fingerprint density at radius 2 is 1.68 bits per heavy atom. The molecule has 10 heteroatoms. The zero-order chi connectivity index (χ0) is 22.1. The van der Waals surface area contributed by atoms with Gasteiger partial charge in [-0.05, 0) is 30.3 Å². The number of rotatable bonds is 4. The highest BCUT2D eigenvalue weighted by Gasteiger charge is 2.26. The van der Waals surface area contributed by atoms with E-state index in [4.69, 9.17) is 23.2 Å². The molecule has 0 atom stereocenters. The first-order valence-corrected chi connectivity index (χ1v) is 10.3. The number of hydrogen-bond donors (Lipinski definition) is 0. The van der Waals surface area contributed by atoms with Gasteiger partial charge in [0.2, 0.25) is 5.91 Å². The van der Waals surface area contributed by atoms with E-state index < -0.39 is 4.92 Å². The zero-order valence-electron chi connectivity index (χ0n) is 16.3. The molecular weight excluding hydrogens is 443 g/mol. The molecule has 1 aliphatic rings. The van der Waals surface area contributed by atoms with Gasteiger partial charge in [0.15, 0.2) is 0 Å². The van der Waals surface area contributed by atoms with Crippen molar-refractivity contribution >= 4 is 51.6 Å². The molecule has 0 N–H and O–H groups in total. The highest BCUT2D eigenvalue weighted by Crippen LogP contribution is 2.24. The van der Waals surface area contributed by atoms with Crippen molar-refractivity contribution in [3.63, 3.8) is 0 Å². The molecule has 0 aliphatic carbocycles. The van der Waals surface area contributed by atoms with Gasteiger partial charge in [0.05, 0.1) is 15.5 Å². The number of piperazine rings is 1. The first-order chi connectivity index (χ1) is 14.8. The molecule has 1 saturated heterocycles. The highest BCUT2D eigenvalue weighted by molar-refractivity contribution is 6.36. The number of nitro groups is 1. The van der Waals surface area contributed by atoms with Gasteiger partial charge in [0, 0.05) is 60.4 Å². The van der Waals surface area contributed by atoms with Crippen LogP contribution in [0.1, 0.15) is 10.4 Å². The minimum absolute atomic E-state index is 0.0122. The molecule has 1 aliphatic heterocycles. The van der Waals surface area contributed by atoms with Gasteiger partial charge in [-0.25, -0.2) is 0 Å². The van der Waals surface area contributed by atoms with Crippen LogP contribution in [0.4, 0.5) is 5.69 Å². The average Bonchev–Trinajstić information content (AvgIpc) is 3.15. The quantitative estimate of drug-likeness (QED) is 0.436. The summed E-state index contributed by atoms with van der Waals surface area (Å²) >= 11 is 12.0. The van der Waals surface area contributed by atoms with Crippen LogP contribution in [0.5, 0.6) is 0 Å². The van der Waals surface area contributed by atoms with E-state index in [2.05, 4.69) is 0 Å². The van der Waals surface area contributed by atoms with E-state index in [0.29, 0.717) is 47.2 Å². The van der Waals surface area contributed by atoms with E-state index >= 15 is 0 Å². The molecule has 0 bridgehead atoms. The van der Waals surface area contributed by atoms with Crippen molar-refractivity contribution in [2.45, 2.75) is 6.54 Å². The summed E-state index contributed by atoms with van der Waals surface area (Å²) in [5.74, 6) is -0.265. The van der Waals surface area contributed by atoms with Crippen LogP contribution < -0.4 is 0 Å². The summed E-state index contributed by atoms with van der Waals surface area (Å²) in [7, 11) is 0. The van der Waals surface area contributed by atoms with Crippen molar-refractivity contribution in [1.29, 1.82) is 0 Å². The van der Waals surface area contributed by atoms with Crippen molar-refractivity contribution in [2.75, 3.05) is 26.2 Å². The van der Waals surface area contributed by atoms with Gasteiger partial charge in [0.1, 0.15) is 6.54 Å². The number of hydrogen-bond acceptors (Lipinski definition) is 4. The lowest BCUT2D eigenvalue weighted by Crippen LogP contribution is -2.51. The van der Waals surface area contributed by atoms with Gasteiger partial charge in [-0.1, -0.05) is 23.2 Å². The number of carbonyl (C=O) groups excluding carboxylic acids is 2. The third kappa shape index (κ3) is 4.35. The number of amides is 2. The molecule has 0 radical (unpaired) electrons. The Morgan fingerprint density at radius 3 is 2.35 bits per heavy atom. The van der Waals surface area contributed by atoms with Gasteiger partial charge < -0.3 is 14.4 Å². The molecule has 2 amide bonds. The third-order valence-corrected chi connectivity index (χ3v) is 5.90. The Bertz CT molecular complexity index is 1190. The van der Waals surface area contributed by atoms with E-state index in [1.54, 1.807) is 44.8 Å². The van der Waals surface area contributed by atoms with Crippen LogP contribution in [-0.2, 0) is 11.3 Å². The molecular formula is C21H18Cl2N4O4. The van der Waals surface area contributed by atoms with E-state index in [-0.39, 0.29) is 24.0 Å². The SMILES string of the molecule is O=C(Cn1ccc2cc([N+](=O)[O-])ccc21)N1CCN(C(=O)c2ccc(Cl)cc2Cl)CC1. The first-order valence-electron chi connectivity index (χ1n) is 9.59. The molecule has 4 rings (SSSR count). The third-order valence-electron chi connectivity index (χ3n) is 5.35. The summed E-state index contributed by atoms with van der Waals surface area (Å²) in [5.41, 5.74) is 1.15. The second-order valence-electron chi connectivity index (χ2n) is 7.24. The predicted octanol–water partition coefficient (Wildman–Crippen LogP) is 3.84. The Labute approximate surface area is 187 Å². The number of nitrogens with zero attached hydrogens (tertiary/aromatic N) is 4. The molecule has 0 saturated carbocycles. The minimum atomic E-state index is -0.445. The van der Waals surface area contributed by atoms with Gasteiger partial charge in [0.25, 0.3) is 11.6 Å². The fraction of sp³-hybridized carbons (Fsp3) is 0.238. The maximum absolute atomic E-state index is 12.8. The smallest absolute Gasteiger partial charge is 0.270 e. The van der Waals surface area contributed by atoms with Crippen molar-refractivity contribution < 1.29 is 14.5 Å². The molecule has 0 spiro atoms. The highest BCUT2D eigenvalue weighted by atomic mass is 35.5. The Morgan fingerprint density at radius 1 is 0.968 bits per heavy atom. The summed E-state index contributed by atoms with van der Waals surface area (Å²) in [5, 5.41) is 12.4. The molecule has 1 fully saturated rings. The summed E-state index contributed by atoms with van der Waals surface area (Å²) in [6.45, 7) is 1.77. The van der Waals surface area contributed by atoms with E-state index in [1.165, 1.54) is 18.2 Å². The number of halogens is 2. The van der Waals surface area contributed by atoms with Crippen LogP contribution >= 0.6 is 23.2 Å². The molecule has 31 heavy (non-hydrogen) atoms. The Hall–Kier alpha value is -3.10. The molecule has 160 valence electrons. The topological polar surface area (TPSA) is 88.7 Å². The summed E-state index contributed by atoms with van der Waals surface area (Å²) in [4.78, 5) is 39.4. The number of fused-ring (bicyclic) bond motifs is 1. The number of non-ortho nitro benzene ring substituents is 1. The molecule has 2 heterocycles. The number of benzene rings is 2. The Balaban J connectivity index is 1.39. The maximum atomic E-state index is 12.8. The van der Waals surface area contributed by atoms with E-state index in [9.17, 15) is 19.7 Å². The van der Waals surface area contributed by atoms with Crippen LogP contribution in [0.15, 0.2) is 48.7 Å². The van der Waals surface area contributed by atoms with Crippen LogP contribution in [0.2, 0.25) is 10.0 Å². The van der Waals surface area contributed by atoms with Gasteiger partial charge >= 0.3 is 0 Å². The number of aromatic nitrogens is 1. The largest absolute Gasteiger partial charge is 0.338 e. The van der Waals surface area contributed by atoms with Gasteiger partial charge in [-0.2, -0.15) is 0 Å². The molecule has 3 aromatic rings.